The van der Waals surface area contributed by atoms with Crippen LogP contribution in [-0.4, -0.2) is 0 Å². The number of nitriles is 1. The van der Waals surface area contributed by atoms with Gasteiger partial charge in [-0.1, -0.05) is 90.5 Å². The van der Waals surface area contributed by atoms with Crippen LogP contribution >= 0.6 is 11.6 Å². The molecule has 164 valence electrons. The maximum Gasteiger partial charge on any atom is 0.133 e. The fourth-order valence-corrected chi connectivity index (χ4v) is 6.00. The van der Waals surface area contributed by atoms with E-state index >= 15 is 0 Å². The lowest BCUT2D eigenvalue weighted by molar-refractivity contribution is 0.436. The molecule has 0 atom stereocenters. The van der Waals surface area contributed by atoms with Crippen molar-refractivity contribution in [2.24, 2.45) is 0 Å². The maximum absolute atomic E-state index is 9.37. The van der Waals surface area contributed by atoms with Crippen LogP contribution in [0.5, 0.6) is 11.5 Å². The van der Waals surface area contributed by atoms with Gasteiger partial charge in [0, 0.05) is 16.1 Å². The zero-order valence-corrected chi connectivity index (χ0v) is 19.4. The molecule has 0 saturated carbocycles. The first kappa shape index (κ1) is 20.1. The predicted octanol–water partition coefficient (Wildman–Crippen LogP) is 8.35. The summed E-state index contributed by atoms with van der Waals surface area (Å²) < 4.78 is 6.54. The van der Waals surface area contributed by atoms with E-state index in [1.54, 1.807) is 0 Å². The molecule has 0 fully saturated rings. The van der Waals surface area contributed by atoms with Gasteiger partial charge in [0.15, 0.2) is 0 Å². The number of nitrogens with zero attached hydrogens (tertiary/aromatic N) is 1. The second-order valence-corrected chi connectivity index (χ2v) is 9.42. The Morgan fingerprint density at radius 1 is 0.600 bits per heavy atom. The van der Waals surface area contributed by atoms with Crippen LogP contribution in [0, 0.1) is 11.3 Å². The molecule has 0 aromatic heterocycles. The predicted molar refractivity (Wildman–Crippen MR) is 139 cm³/mol. The Labute approximate surface area is 208 Å². The number of hydrogen-bond acceptors (Lipinski definition) is 2. The Morgan fingerprint density at radius 2 is 1.23 bits per heavy atom. The Kier molecular flexibility index (Phi) is 4.21. The molecule has 35 heavy (non-hydrogen) atoms. The highest BCUT2D eigenvalue weighted by molar-refractivity contribution is 6.30. The summed E-state index contributed by atoms with van der Waals surface area (Å²) >= 11 is 6.45. The summed E-state index contributed by atoms with van der Waals surface area (Å²) in [5.74, 6) is 1.56. The molecule has 2 aliphatic rings. The molecule has 0 radical (unpaired) electrons. The molecule has 1 heterocycles. The van der Waals surface area contributed by atoms with Crippen molar-refractivity contribution in [3.8, 4) is 39.8 Å². The van der Waals surface area contributed by atoms with E-state index in [0.717, 1.165) is 33.8 Å². The van der Waals surface area contributed by atoms with Gasteiger partial charge in [-0.25, -0.2) is 0 Å². The highest BCUT2D eigenvalue weighted by Crippen LogP contribution is 2.62. The third kappa shape index (κ3) is 2.71. The Hall–Kier alpha value is -4.32. The molecular weight excluding hydrogens is 450 g/mol. The number of ether oxygens (including phenoxy) is 1. The first-order valence-electron chi connectivity index (χ1n) is 11.5. The van der Waals surface area contributed by atoms with E-state index in [4.69, 9.17) is 16.3 Å². The van der Waals surface area contributed by atoms with Gasteiger partial charge in [-0.15, -0.1) is 0 Å². The average Bonchev–Trinajstić information content (AvgIpc) is 3.19. The molecule has 1 aliphatic heterocycles. The fourth-order valence-electron chi connectivity index (χ4n) is 5.83. The summed E-state index contributed by atoms with van der Waals surface area (Å²) in [5, 5.41) is 10.0. The Morgan fingerprint density at radius 3 is 1.94 bits per heavy atom. The van der Waals surface area contributed by atoms with Crippen LogP contribution in [0.1, 0.15) is 27.8 Å². The van der Waals surface area contributed by atoms with Crippen molar-refractivity contribution in [3.05, 3.63) is 142 Å². The van der Waals surface area contributed by atoms with Crippen molar-refractivity contribution in [1.82, 2.24) is 0 Å². The van der Waals surface area contributed by atoms with E-state index in [2.05, 4.69) is 78.9 Å². The van der Waals surface area contributed by atoms with Gasteiger partial charge in [-0.05, 0) is 63.7 Å². The average molecular weight is 468 g/mol. The quantitative estimate of drug-likeness (QED) is 0.243. The number of hydrogen-bond donors (Lipinski definition) is 0. The van der Waals surface area contributed by atoms with E-state index in [-0.39, 0.29) is 0 Å². The van der Waals surface area contributed by atoms with E-state index < -0.39 is 5.41 Å². The van der Waals surface area contributed by atoms with Crippen LogP contribution in [0.4, 0.5) is 0 Å². The number of fused-ring (bicyclic) bond motifs is 9. The van der Waals surface area contributed by atoms with Crippen LogP contribution in [0.15, 0.2) is 109 Å². The number of halogens is 1. The van der Waals surface area contributed by atoms with Gasteiger partial charge in [0.1, 0.15) is 11.5 Å². The summed E-state index contributed by atoms with van der Waals surface area (Å²) in [5.41, 5.74) is 9.26. The molecule has 1 spiro atoms. The largest absolute Gasteiger partial charge is 0.457 e. The minimum atomic E-state index is -0.506. The van der Waals surface area contributed by atoms with Crippen LogP contribution in [0.2, 0.25) is 5.02 Å². The third-order valence-electron chi connectivity index (χ3n) is 7.23. The van der Waals surface area contributed by atoms with E-state index in [0.29, 0.717) is 10.6 Å². The van der Waals surface area contributed by atoms with Gasteiger partial charge in [-0.2, -0.15) is 5.26 Å². The number of rotatable bonds is 1. The van der Waals surface area contributed by atoms with Gasteiger partial charge in [0.05, 0.1) is 17.0 Å². The lowest BCUT2D eigenvalue weighted by atomic mass is 9.66. The smallest absolute Gasteiger partial charge is 0.133 e. The maximum atomic E-state index is 9.37. The molecule has 0 N–H and O–H groups in total. The SMILES string of the molecule is N#Cc1cccc(-c2ccc3c(c2)Oc2cc(Cl)ccc2C32c3ccccc3-c3ccccc32)c1. The van der Waals surface area contributed by atoms with Crippen molar-refractivity contribution in [3.63, 3.8) is 0 Å². The van der Waals surface area contributed by atoms with Crippen molar-refractivity contribution in [2.45, 2.75) is 5.41 Å². The monoisotopic (exact) mass is 467 g/mol. The summed E-state index contributed by atoms with van der Waals surface area (Å²) in [6.07, 6.45) is 0. The van der Waals surface area contributed by atoms with Crippen LogP contribution < -0.4 is 4.74 Å². The standard InChI is InChI=1S/C32H18ClNO/c33-23-13-15-29-31(18-23)35-30-17-22(21-7-5-6-20(16-21)19-34)12-14-28(30)32(29)26-10-3-1-8-24(26)25-9-2-4-11-27(25)32/h1-18H. The second-order valence-electron chi connectivity index (χ2n) is 8.99. The molecule has 1 aliphatic carbocycles. The molecule has 5 aromatic carbocycles. The molecule has 0 saturated heterocycles. The lowest BCUT2D eigenvalue weighted by Gasteiger charge is -2.39. The molecule has 7 rings (SSSR count). The molecule has 0 unspecified atom stereocenters. The van der Waals surface area contributed by atoms with Crippen molar-refractivity contribution in [1.29, 1.82) is 5.26 Å². The number of benzene rings is 5. The lowest BCUT2D eigenvalue weighted by Crippen LogP contribution is -2.32. The van der Waals surface area contributed by atoms with Crippen LogP contribution in [0.3, 0.4) is 0 Å². The Balaban J connectivity index is 1.57. The first-order valence-corrected chi connectivity index (χ1v) is 11.9. The van der Waals surface area contributed by atoms with Crippen molar-refractivity contribution < 1.29 is 4.74 Å². The van der Waals surface area contributed by atoms with E-state index in [9.17, 15) is 5.26 Å². The van der Waals surface area contributed by atoms with Crippen molar-refractivity contribution in [2.75, 3.05) is 0 Å². The topological polar surface area (TPSA) is 33.0 Å². The van der Waals surface area contributed by atoms with Crippen LogP contribution in [0.25, 0.3) is 22.3 Å². The van der Waals surface area contributed by atoms with Gasteiger partial charge in [0.25, 0.3) is 0 Å². The second kappa shape index (κ2) is 7.34. The highest BCUT2D eigenvalue weighted by Gasteiger charge is 2.50. The summed E-state index contributed by atoms with van der Waals surface area (Å²) in [6, 6.07) is 39.5. The summed E-state index contributed by atoms with van der Waals surface area (Å²) in [7, 11) is 0. The van der Waals surface area contributed by atoms with E-state index in [1.807, 2.05) is 36.4 Å². The zero-order valence-electron chi connectivity index (χ0n) is 18.6. The molecule has 3 heteroatoms. The van der Waals surface area contributed by atoms with E-state index in [1.165, 1.54) is 22.3 Å². The molecule has 2 nitrogen and oxygen atoms in total. The minimum absolute atomic E-state index is 0.506. The van der Waals surface area contributed by atoms with Crippen LogP contribution in [-0.2, 0) is 5.41 Å². The molecule has 0 amide bonds. The summed E-state index contributed by atoms with van der Waals surface area (Å²) in [6.45, 7) is 0. The molecule has 0 bridgehead atoms. The fraction of sp³-hybridized carbons (Fsp3) is 0.0312. The molecule has 5 aromatic rings. The van der Waals surface area contributed by atoms with Gasteiger partial charge in [-0.3, -0.25) is 0 Å². The third-order valence-corrected chi connectivity index (χ3v) is 7.47. The Bertz CT molecular complexity index is 1670. The zero-order chi connectivity index (χ0) is 23.6. The van der Waals surface area contributed by atoms with Crippen molar-refractivity contribution >= 4 is 11.6 Å². The first-order chi connectivity index (χ1) is 17.2. The van der Waals surface area contributed by atoms with Gasteiger partial charge >= 0.3 is 0 Å². The summed E-state index contributed by atoms with van der Waals surface area (Å²) in [4.78, 5) is 0. The molecular formula is C32H18ClNO. The van der Waals surface area contributed by atoms with Gasteiger partial charge < -0.3 is 4.74 Å². The highest BCUT2D eigenvalue weighted by atomic mass is 35.5. The van der Waals surface area contributed by atoms with Gasteiger partial charge in [0.2, 0.25) is 0 Å². The normalized spacial score (nSPS) is 13.7. The minimum Gasteiger partial charge on any atom is -0.457 e.